The van der Waals surface area contributed by atoms with Crippen LogP contribution in [0.1, 0.15) is 31.1 Å². The molecule has 5 heteroatoms. The van der Waals surface area contributed by atoms with Crippen molar-refractivity contribution in [2.45, 2.75) is 26.6 Å². The molecule has 0 saturated heterocycles. The van der Waals surface area contributed by atoms with Gasteiger partial charge in [0.05, 0.1) is 13.2 Å². The van der Waals surface area contributed by atoms with Gasteiger partial charge in [0.1, 0.15) is 6.61 Å². The summed E-state index contributed by atoms with van der Waals surface area (Å²) in [7, 11) is 0. The van der Waals surface area contributed by atoms with Crippen molar-refractivity contribution in [1.29, 1.82) is 0 Å². The molecule has 2 aromatic rings. The third-order valence-electron chi connectivity index (χ3n) is 3.33. The number of rotatable bonds is 8. The molecule has 0 spiro atoms. The minimum atomic E-state index is -1.34. The smallest absolute Gasteiger partial charge is 0.339 e. The molecule has 5 nitrogen and oxygen atoms in total. The van der Waals surface area contributed by atoms with E-state index in [-0.39, 0.29) is 6.61 Å². The fourth-order valence-electron chi connectivity index (χ4n) is 2.17. The normalized spacial score (nSPS) is 11.6. The molecule has 24 heavy (non-hydrogen) atoms. The Morgan fingerprint density at radius 2 is 1.75 bits per heavy atom. The molecule has 0 amide bonds. The summed E-state index contributed by atoms with van der Waals surface area (Å²) in [5.41, 5.74) is 1.44. The fourth-order valence-corrected chi connectivity index (χ4v) is 2.17. The predicted molar refractivity (Wildman–Crippen MR) is 90.0 cm³/mol. The first-order valence-electron chi connectivity index (χ1n) is 7.93. The highest BCUT2D eigenvalue weighted by Gasteiger charge is 2.20. The van der Waals surface area contributed by atoms with E-state index in [0.717, 1.165) is 5.56 Å². The van der Waals surface area contributed by atoms with Gasteiger partial charge in [-0.25, -0.2) is 4.79 Å². The van der Waals surface area contributed by atoms with Crippen molar-refractivity contribution >= 4 is 5.97 Å². The molecule has 0 aromatic heterocycles. The van der Waals surface area contributed by atoms with Gasteiger partial charge in [0.2, 0.25) is 0 Å². The second-order valence-electron chi connectivity index (χ2n) is 5.07. The molecule has 0 aliphatic carbocycles. The lowest BCUT2D eigenvalue weighted by atomic mass is 10.1. The number of carbonyl (C=O) groups excluding carboxylic acids is 1. The van der Waals surface area contributed by atoms with Crippen molar-refractivity contribution in [2.75, 3.05) is 13.2 Å². The summed E-state index contributed by atoms with van der Waals surface area (Å²) in [5, 5.41) is 10.0. The molecular formula is C19H22O5. The van der Waals surface area contributed by atoms with E-state index in [0.29, 0.717) is 30.3 Å². The Morgan fingerprint density at radius 3 is 2.42 bits per heavy atom. The van der Waals surface area contributed by atoms with Gasteiger partial charge >= 0.3 is 5.97 Å². The van der Waals surface area contributed by atoms with E-state index in [1.165, 1.54) is 0 Å². The minimum absolute atomic E-state index is 0.215. The maximum absolute atomic E-state index is 11.7. The topological polar surface area (TPSA) is 65.0 Å². The van der Waals surface area contributed by atoms with Gasteiger partial charge in [-0.15, -0.1) is 0 Å². The lowest BCUT2D eigenvalue weighted by Gasteiger charge is -2.15. The van der Waals surface area contributed by atoms with Gasteiger partial charge in [-0.05, 0) is 37.1 Å². The Kier molecular flexibility index (Phi) is 6.63. The number of hydrogen-bond donors (Lipinski definition) is 1. The number of hydrogen-bond acceptors (Lipinski definition) is 5. The monoisotopic (exact) mass is 330 g/mol. The van der Waals surface area contributed by atoms with E-state index >= 15 is 0 Å². The first-order valence-corrected chi connectivity index (χ1v) is 7.93. The molecule has 0 heterocycles. The summed E-state index contributed by atoms with van der Waals surface area (Å²) in [6, 6.07) is 14.7. The van der Waals surface area contributed by atoms with Crippen LogP contribution in [-0.4, -0.2) is 24.3 Å². The zero-order valence-electron chi connectivity index (χ0n) is 13.9. The summed E-state index contributed by atoms with van der Waals surface area (Å²) >= 11 is 0. The molecule has 0 aliphatic heterocycles. The van der Waals surface area contributed by atoms with Crippen LogP contribution in [0.15, 0.2) is 48.5 Å². The maximum atomic E-state index is 11.7. The highest BCUT2D eigenvalue weighted by Crippen LogP contribution is 2.31. The first-order chi connectivity index (χ1) is 11.7. The number of esters is 1. The van der Waals surface area contributed by atoms with Crippen molar-refractivity contribution in [2.24, 2.45) is 0 Å². The van der Waals surface area contributed by atoms with Crippen molar-refractivity contribution in [3.8, 4) is 11.5 Å². The zero-order valence-corrected chi connectivity index (χ0v) is 13.9. The van der Waals surface area contributed by atoms with Gasteiger partial charge < -0.3 is 19.3 Å². The van der Waals surface area contributed by atoms with Gasteiger partial charge in [0.15, 0.2) is 17.6 Å². The van der Waals surface area contributed by atoms with Crippen molar-refractivity contribution in [1.82, 2.24) is 0 Å². The molecule has 0 bridgehead atoms. The molecule has 1 unspecified atom stereocenters. The van der Waals surface area contributed by atoms with Gasteiger partial charge in [0, 0.05) is 0 Å². The van der Waals surface area contributed by atoms with E-state index < -0.39 is 12.1 Å². The second kappa shape index (κ2) is 8.93. The Morgan fingerprint density at radius 1 is 1.00 bits per heavy atom. The quantitative estimate of drug-likeness (QED) is 0.753. The third-order valence-corrected chi connectivity index (χ3v) is 3.33. The first kappa shape index (κ1) is 17.8. The van der Waals surface area contributed by atoms with Crippen LogP contribution in [0.4, 0.5) is 0 Å². The van der Waals surface area contributed by atoms with Gasteiger partial charge in [0.25, 0.3) is 0 Å². The summed E-state index contributed by atoms with van der Waals surface area (Å²) in [6.45, 7) is 4.61. The van der Waals surface area contributed by atoms with E-state index in [9.17, 15) is 9.90 Å². The third kappa shape index (κ3) is 4.73. The van der Waals surface area contributed by atoms with E-state index in [2.05, 4.69) is 0 Å². The van der Waals surface area contributed by atoms with Crippen LogP contribution in [0.3, 0.4) is 0 Å². The van der Waals surface area contributed by atoms with Crippen LogP contribution in [0.5, 0.6) is 11.5 Å². The van der Waals surface area contributed by atoms with Crippen molar-refractivity contribution < 1.29 is 24.1 Å². The molecule has 1 atom stereocenters. The lowest BCUT2D eigenvalue weighted by Crippen LogP contribution is -2.15. The molecule has 2 aromatic carbocycles. The standard InChI is InChI=1S/C19H22O5/c1-3-22-17-12-15(18(20)19(21)23-4-2)10-11-16(17)24-13-14-8-6-5-7-9-14/h5-12,18,20H,3-4,13H2,1-2H3. The molecule has 0 aliphatic rings. The second-order valence-corrected chi connectivity index (χ2v) is 5.07. The van der Waals surface area contributed by atoms with E-state index in [1.54, 1.807) is 25.1 Å². The molecule has 2 rings (SSSR count). The molecule has 0 radical (unpaired) electrons. The predicted octanol–water partition coefficient (Wildman–Crippen LogP) is 3.26. The highest BCUT2D eigenvalue weighted by molar-refractivity contribution is 5.76. The van der Waals surface area contributed by atoms with Crippen LogP contribution in [0.25, 0.3) is 0 Å². The minimum Gasteiger partial charge on any atom is -0.490 e. The zero-order chi connectivity index (χ0) is 17.4. The average Bonchev–Trinajstić information content (AvgIpc) is 2.61. The Labute approximate surface area is 141 Å². The van der Waals surface area contributed by atoms with Crippen molar-refractivity contribution in [3.63, 3.8) is 0 Å². The number of carbonyl (C=O) groups is 1. The molecule has 0 saturated carbocycles. The van der Waals surface area contributed by atoms with Crippen LogP contribution in [0.2, 0.25) is 0 Å². The SMILES string of the molecule is CCOC(=O)C(O)c1ccc(OCc2ccccc2)c(OCC)c1. The molecule has 128 valence electrons. The molecule has 1 N–H and O–H groups in total. The molecular weight excluding hydrogens is 308 g/mol. The summed E-state index contributed by atoms with van der Waals surface area (Å²) in [5.74, 6) is 0.354. The Balaban J connectivity index is 2.15. The number of ether oxygens (including phenoxy) is 3. The summed E-state index contributed by atoms with van der Waals surface area (Å²) < 4.78 is 16.2. The van der Waals surface area contributed by atoms with E-state index in [4.69, 9.17) is 14.2 Å². The van der Waals surface area contributed by atoms with Crippen molar-refractivity contribution in [3.05, 3.63) is 59.7 Å². The lowest BCUT2D eigenvalue weighted by molar-refractivity contribution is -0.153. The van der Waals surface area contributed by atoms with Gasteiger partial charge in [-0.3, -0.25) is 0 Å². The molecule has 0 fully saturated rings. The highest BCUT2D eigenvalue weighted by atomic mass is 16.5. The number of aliphatic hydroxyl groups excluding tert-OH is 1. The number of benzene rings is 2. The summed E-state index contributed by atoms with van der Waals surface area (Å²) in [6.07, 6.45) is -1.34. The van der Waals surface area contributed by atoms with E-state index in [1.807, 2.05) is 37.3 Å². The number of aliphatic hydroxyl groups is 1. The fraction of sp³-hybridized carbons (Fsp3) is 0.316. The van der Waals surface area contributed by atoms with Gasteiger partial charge in [-0.1, -0.05) is 36.4 Å². The maximum Gasteiger partial charge on any atom is 0.339 e. The average molecular weight is 330 g/mol. The Hall–Kier alpha value is -2.53. The van der Waals surface area contributed by atoms with Crippen LogP contribution < -0.4 is 9.47 Å². The van der Waals surface area contributed by atoms with Gasteiger partial charge in [-0.2, -0.15) is 0 Å². The van der Waals surface area contributed by atoms with Crippen LogP contribution >= 0.6 is 0 Å². The van der Waals surface area contributed by atoms with Crippen LogP contribution in [0, 0.1) is 0 Å². The largest absolute Gasteiger partial charge is 0.490 e. The Bertz CT molecular complexity index is 654. The summed E-state index contributed by atoms with van der Waals surface area (Å²) in [4.78, 5) is 11.7. The van der Waals surface area contributed by atoms with Crippen LogP contribution in [-0.2, 0) is 16.1 Å².